The second-order valence-electron chi connectivity index (χ2n) is 4.75. The molecule has 1 saturated heterocycles. The fraction of sp³-hybridized carbons (Fsp3) is 0.538. The van der Waals surface area contributed by atoms with E-state index in [-0.39, 0.29) is 0 Å². The van der Waals surface area contributed by atoms with E-state index in [9.17, 15) is 5.11 Å². The number of β-amino-alcohol motifs (C(OH)–C–C–N with tert-alkyl or cyclic N) is 1. The average Bonchev–Trinajstić information content (AvgIpc) is 2.23. The van der Waals surface area contributed by atoms with Crippen molar-refractivity contribution >= 4 is 11.6 Å². The molecule has 0 amide bonds. The van der Waals surface area contributed by atoms with Gasteiger partial charge < -0.3 is 10.4 Å². The van der Waals surface area contributed by atoms with Gasteiger partial charge in [-0.3, -0.25) is 0 Å². The average molecular weight is 240 g/mol. The first kappa shape index (κ1) is 11.9. The molecule has 0 aromatic heterocycles. The molecule has 1 aromatic carbocycles. The van der Waals surface area contributed by atoms with Crippen molar-refractivity contribution in [2.75, 3.05) is 13.1 Å². The Kier molecular flexibility index (Phi) is 3.53. The number of halogens is 1. The van der Waals surface area contributed by atoms with Crippen LogP contribution in [0.15, 0.2) is 18.2 Å². The van der Waals surface area contributed by atoms with Crippen LogP contribution in [0.25, 0.3) is 0 Å². The maximum Gasteiger partial charge on any atom is 0.0812 e. The number of aliphatic hydroxyl groups is 1. The van der Waals surface area contributed by atoms with Gasteiger partial charge in [-0.1, -0.05) is 17.7 Å². The molecule has 0 aliphatic carbocycles. The lowest BCUT2D eigenvalue weighted by Gasteiger charge is -2.33. The van der Waals surface area contributed by atoms with E-state index >= 15 is 0 Å². The van der Waals surface area contributed by atoms with Crippen molar-refractivity contribution in [1.29, 1.82) is 0 Å². The number of aryl methyl sites for hydroxylation is 1. The zero-order valence-corrected chi connectivity index (χ0v) is 10.3. The molecule has 0 spiro atoms. The van der Waals surface area contributed by atoms with E-state index in [0.29, 0.717) is 13.0 Å². The number of piperidine rings is 1. The van der Waals surface area contributed by atoms with Crippen LogP contribution in [0.4, 0.5) is 0 Å². The fourth-order valence-corrected chi connectivity index (χ4v) is 2.54. The predicted octanol–water partition coefficient (Wildman–Crippen LogP) is 2.31. The summed E-state index contributed by atoms with van der Waals surface area (Å²) in [5, 5.41) is 14.4. The first-order valence-corrected chi connectivity index (χ1v) is 6.15. The lowest BCUT2D eigenvalue weighted by Crippen LogP contribution is -2.47. The van der Waals surface area contributed by atoms with Gasteiger partial charge >= 0.3 is 0 Å². The summed E-state index contributed by atoms with van der Waals surface area (Å²) in [6.45, 7) is 3.75. The van der Waals surface area contributed by atoms with E-state index in [1.54, 1.807) is 0 Å². The summed E-state index contributed by atoms with van der Waals surface area (Å²) in [6, 6.07) is 5.87. The Balaban J connectivity index is 2.13. The quantitative estimate of drug-likeness (QED) is 0.830. The van der Waals surface area contributed by atoms with E-state index in [1.165, 1.54) is 5.56 Å². The van der Waals surface area contributed by atoms with Gasteiger partial charge in [-0.25, -0.2) is 0 Å². The zero-order chi connectivity index (χ0) is 11.6. The number of hydrogen-bond donors (Lipinski definition) is 2. The number of hydrogen-bond acceptors (Lipinski definition) is 2. The Morgan fingerprint density at radius 2 is 2.31 bits per heavy atom. The van der Waals surface area contributed by atoms with Crippen LogP contribution >= 0.6 is 11.6 Å². The summed E-state index contributed by atoms with van der Waals surface area (Å²) in [6.07, 6.45) is 2.63. The number of nitrogens with one attached hydrogen (secondary N) is 1. The Hall–Kier alpha value is -0.570. The van der Waals surface area contributed by atoms with Crippen molar-refractivity contribution in [3.63, 3.8) is 0 Å². The van der Waals surface area contributed by atoms with Gasteiger partial charge in [-0.2, -0.15) is 0 Å². The summed E-state index contributed by atoms with van der Waals surface area (Å²) in [4.78, 5) is 0. The third kappa shape index (κ3) is 2.76. The maximum absolute atomic E-state index is 10.4. The Morgan fingerprint density at radius 1 is 1.50 bits per heavy atom. The minimum atomic E-state index is -0.586. The Bertz CT molecular complexity index is 372. The summed E-state index contributed by atoms with van der Waals surface area (Å²) >= 11 is 5.92. The number of benzene rings is 1. The maximum atomic E-state index is 10.4. The smallest absolute Gasteiger partial charge is 0.0812 e. The van der Waals surface area contributed by atoms with Crippen LogP contribution in [-0.2, 0) is 6.42 Å². The number of rotatable bonds is 2. The van der Waals surface area contributed by atoms with Crippen LogP contribution in [0, 0.1) is 6.92 Å². The summed E-state index contributed by atoms with van der Waals surface area (Å²) in [5.74, 6) is 0. The highest BCUT2D eigenvalue weighted by Crippen LogP contribution is 2.24. The molecule has 0 bridgehead atoms. The van der Waals surface area contributed by atoms with Gasteiger partial charge in [0, 0.05) is 18.0 Å². The van der Waals surface area contributed by atoms with Crippen molar-refractivity contribution in [2.45, 2.75) is 31.8 Å². The molecule has 0 saturated carbocycles. The minimum absolute atomic E-state index is 0.586. The van der Waals surface area contributed by atoms with Gasteiger partial charge in [0.15, 0.2) is 0 Å². The van der Waals surface area contributed by atoms with Crippen molar-refractivity contribution in [1.82, 2.24) is 5.32 Å². The summed E-state index contributed by atoms with van der Waals surface area (Å²) in [5.41, 5.74) is 1.76. The van der Waals surface area contributed by atoms with E-state index in [2.05, 4.69) is 5.32 Å². The Morgan fingerprint density at radius 3 is 2.94 bits per heavy atom. The molecule has 1 atom stereocenters. The van der Waals surface area contributed by atoms with Gasteiger partial charge in [-0.05, 0) is 49.6 Å². The van der Waals surface area contributed by atoms with Crippen LogP contribution < -0.4 is 5.32 Å². The molecule has 2 nitrogen and oxygen atoms in total. The van der Waals surface area contributed by atoms with Crippen LogP contribution in [0.1, 0.15) is 24.0 Å². The molecule has 88 valence electrons. The van der Waals surface area contributed by atoms with Crippen molar-refractivity contribution < 1.29 is 5.11 Å². The van der Waals surface area contributed by atoms with Crippen LogP contribution in [-0.4, -0.2) is 23.8 Å². The van der Waals surface area contributed by atoms with E-state index in [4.69, 9.17) is 11.6 Å². The van der Waals surface area contributed by atoms with E-state index in [0.717, 1.165) is 30.0 Å². The third-order valence-electron chi connectivity index (χ3n) is 3.27. The van der Waals surface area contributed by atoms with Gasteiger partial charge in [-0.15, -0.1) is 0 Å². The van der Waals surface area contributed by atoms with Gasteiger partial charge in [0.2, 0.25) is 0 Å². The van der Waals surface area contributed by atoms with E-state index < -0.39 is 5.60 Å². The second kappa shape index (κ2) is 4.74. The highest BCUT2D eigenvalue weighted by atomic mass is 35.5. The molecule has 16 heavy (non-hydrogen) atoms. The molecule has 1 aliphatic heterocycles. The lowest BCUT2D eigenvalue weighted by atomic mass is 9.86. The molecule has 1 heterocycles. The molecular formula is C13H18ClNO. The Labute approximate surface area is 102 Å². The molecule has 0 radical (unpaired) electrons. The first-order valence-electron chi connectivity index (χ1n) is 5.77. The van der Waals surface area contributed by atoms with Gasteiger partial charge in [0.05, 0.1) is 5.60 Å². The lowest BCUT2D eigenvalue weighted by molar-refractivity contribution is 0.0168. The molecule has 1 aliphatic rings. The summed E-state index contributed by atoms with van der Waals surface area (Å²) in [7, 11) is 0. The fourth-order valence-electron chi connectivity index (χ4n) is 2.31. The predicted molar refractivity (Wildman–Crippen MR) is 66.9 cm³/mol. The van der Waals surface area contributed by atoms with Crippen molar-refractivity contribution in [2.24, 2.45) is 0 Å². The molecule has 2 N–H and O–H groups in total. The van der Waals surface area contributed by atoms with Crippen LogP contribution in [0.3, 0.4) is 0 Å². The topological polar surface area (TPSA) is 32.3 Å². The summed E-state index contributed by atoms with van der Waals surface area (Å²) < 4.78 is 0. The monoisotopic (exact) mass is 239 g/mol. The van der Waals surface area contributed by atoms with Crippen molar-refractivity contribution in [3.05, 3.63) is 34.3 Å². The molecule has 2 rings (SSSR count). The standard InChI is InChI=1S/C13H18ClNO/c1-10-7-12(14)4-3-11(10)8-13(16)5-2-6-15-9-13/h3-4,7,15-16H,2,5-6,8-9H2,1H3. The third-order valence-corrected chi connectivity index (χ3v) is 3.51. The highest BCUT2D eigenvalue weighted by Gasteiger charge is 2.29. The van der Waals surface area contributed by atoms with Crippen molar-refractivity contribution in [3.8, 4) is 0 Å². The minimum Gasteiger partial charge on any atom is -0.388 e. The second-order valence-corrected chi connectivity index (χ2v) is 5.19. The molecule has 3 heteroatoms. The van der Waals surface area contributed by atoms with Gasteiger partial charge in [0.25, 0.3) is 0 Å². The SMILES string of the molecule is Cc1cc(Cl)ccc1CC1(O)CCCNC1. The molecule has 1 unspecified atom stereocenters. The molecule has 1 aromatic rings. The molecular weight excluding hydrogens is 222 g/mol. The normalized spacial score (nSPS) is 25.7. The molecule has 1 fully saturated rings. The first-order chi connectivity index (χ1) is 7.59. The van der Waals surface area contributed by atoms with Crippen LogP contribution in [0.2, 0.25) is 5.02 Å². The highest BCUT2D eigenvalue weighted by molar-refractivity contribution is 6.30. The zero-order valence-electron chi connectivity index (χ0n) is 9.59. The largest absolute Gasteiger partial charge is 0.388 e. The van der Waals surface area contributed by atoms with Gasteiger partial charge in [0.1, 0.15) is 0 Å². The van der Waals surface area contributed by atoms with Crippen LogP contribution in [0.5, 0.6) is 0 Å². The van der Waals surface area contributed by atoms with E-state index in [1.807, 2.05) is 25.1 Å².